The summed E-state index contributed by atoms with van der Waals surface area (Å²) < 4.78 is 0. The van der Waals surface area contributed by atoms with E-state index < -0.39 is 0 Å². The normalized spacial score (nSPS) is 17.2. The fraction of sp³-hybridized carbons (Fsp3) is 0.909. The minimum absolute atomic E-state index is 0.144. The van der Waals surface area contributed by atoms with Crippen LogP contribution in [0, 0.1) is 5.92 Å². The molecule has 1 aliphatic rings. The van der Waals surface area contributed by atoms with Crippen molar-refractivity contribution in [2.45, 2.75) is 39.0 Å². The summed E-state index contributed by atoms with van der Waals surface area (Å²) in [6.45, 7) is 4.38. The quantitative estimate of drug-likeness (QED) is 0.631. The minimum atomic E-state index is 0.144. The molecular weight excluding hydrogens is 176 g/mol. The van der Waals surface area contributed by atoms with Gasteiger partial charge in [-0.05, 0) is 31.7 Å². The fourth-order valence-electron chi connectivity index (χ4n) is 1.91. The minimum Gasteiger partial charge on any atom is -0.355 e. The van der Waals surface area contributed by atoms with Gasteiger partial charge in [0.05, 0.1) is 6.54 Å². The molecule has 1 saturated carbocycles. The van der Waals surface area contributed by atoms with E-state index in [2.05, 4.69) is 17.6 Å². The van der Waals surface area contributed by atoms with Gasteiger partial charge in [0, 0.05) is 6.54 Å². The molecule has 0 bridgehead atoms. The van der Waals surface area contributed by atoms with Crippen LogP contribution in [0.25, 0.3) is 0 Å². The zero-order valence-corrected chi connectivity index (χ0v) is 9.14. The van der Waals surface area contributed by atoms with Crippen LogP contribution in [0.1, 0.15) is 39.0 Å². The van der Waals surface area contributed by atoms with Gasteiger partial charge in [-0.3, -0.25) is 4.79 Å². The largest absolute Gasteiger partial charge is 0.355 e. The lowest BCUT2D eigenvalue weighted by Gasteiger charge is -2.10. The maximum atomic E-state index is 11.3. The van der Waals surface area contributed by atoms with E-state index in [1.807, 2.05) is 0 Å². The molecule has 0 saturated heterocycles. The van der Waals surface area contributed by atoms with Crippen molar-refractivity contribution in [3.63, 3.8) is 0 Å². The van der Waals surface area contributed by atoms with Crippen LogP contribution in [0.4, 0.5) is 0 Å². The van der Waals surface area contributed by atoms with Crippen molar-refractivity contribution in [1.29, 1.82) is 0 Å². The standard InChI is InChI=1S/C11H22N2O/c1-2-7-12-9-11(14)13-8-10-5-3-4-6-10/h10,12H,2-9H2,1H3,(H,13,14). The molecule has 0 spiro atoms. The zero-order chi connectivity index (χ0) is 10.2. The van der Waals surface area contributed by atoms with Crippen LogP contribution in [-0.2, 0) is 4.79 Å². The van der Waals surface area contributed by atoms with Crippen LogP contribution in [0.5, 0.6) is 0 Å². The summed E-state index contributed by atoms with van der Waals surface area (Å²) >= 11 is 0. The molecule has 1 rings (SSSR count). The van der Waals surface area contributed by atoms with Crippen LogP contribution >= 0.6 is 0 Å². The Hall–Kier alpha value is -0.570. The molecule has 0 heterocycles. The monoisotopic (exact) mass is 198 g/mol. The summed E-state index contributed by atoms with van der Waals surface area (Å²) in [5.74, 6) is 0.885. The molecule has 0 aromatic heterocycles. The second-order valence-electron chi connectivity index (χ2n) is 4.13. The summed E-state index contributed by atoms with van der Waals surface area (Å²) in [6, 6.07) is 0. The van der Waals surface area contributed by atoms with Gasteiger partial charge in [-0.15, -0.1) is 0 Å². The summed E-state index contributed by atoms with van der Waals surface area (Å²) in [6.07, 6.45) is 6.35. The van der Waals surface area contributed by atoms with Crippen molar-refractivity contribution in [3.8, 4) is 0 Å². The molecule has 0 radical (unpaired) electrons. The van der Waals surface area contributed by atoms with Crippen molar-refractivity contribution in [1.82, 2.24) is 10.6 Å². The summed E-state index contributed by atoms with van der Waals surface area (Å²) in [5, 5.41) is 6.08. The summed E-state index contributed by atoms with van der Waals surface area (Å²) in [5.41, 5.74) is 0. The fourth-order valence-corrected chi connectivity index (χ4v) is 1.91. The lowest BCUT2D eigenvalue weighted by Crippen LogP contribution is -2.36. The molecule has 82 valence electrons. The van der Waals surface area contributed by atoms with E-state index in [4.69, 9.17) is 0 Å². The SMILES string of the molecule is CCCNCC(=O)NCC1CCCC1. The Kier molecular flexibility index (Phi) is 5.60. The highest BCUT2D eigenvalue weighted by Gasteiger charge is 2.15. The third-order valence-corrected chi connectivity index (χ3v) is 2.77. The van der Waals surface area contributed by atoms with Gasteiger partial charge in [0.25, 0.3) is 0 Å². The van der Waals surface area contributed by atoms with Gasteiger partial charge in [-0.1, -0.05) is 19.8 Å². The molecule has 3 nitrogen and oxygen atoms in total. The average molecular weight is 198 g/mol. The van der Waals surface area contributed by atoms with Crippen molar-refractivity contribution >= 4 is 5.91 Å². The lowest BCUT2D eigenvalue weighted by molar-refractivity contribution is -0.120. The Labute approximate surface area is 86.6 Å². The number of carbonyl (C=O) groups excluding carboxylic acids is 1. The number of carbonyl (C=O) groups is 1. The third kappa shape index (κ3) is 4.61. The molecule has 14 heavy (non-hydrogen) atoms. The molecule has 2 N–H and O–H groups in total. The summed E-state index contributed by atoms with van der Waals surface area (Å²) in [4.78, 5) is 11.3. The van der Waals surface area contributed by atoms with E-state index in [1.54, 1.807) is 0 Å². The van der Waals surface area contributed by atoms with Gasteiger partial charge in [0.1, 0.15) is 0 Å². The third-order valence-electron chi connectivity index (χ3n) is 2.77. The Morgan fingerprint density at radius 1 is 1.36 bits per heavy atom. The Morgan fingerprint density at radius 3 is 2.71 bits per heavy atom. The molecule has 0 aromatic carbocycles. The lowest BCUT2D eigenvalue weighted by atomic mass is 10.1. The zero-order valence-electron chi connectivity index (χ0n) is 9.14. The van der Waals surface area contributed by atoms with Crippen LogP contribution < -0.4 is 10.6 Å². The van der Waals surface area contributed by atoms with Crippen LogP contribution in [0.15, 0.2) is 0 Å². The first kappa shape index (κ1) is 11.5. The number of hydrogen-bond donors (Lipinski definition) is 2. The number of hydrogen-bond acceptors (Lipinski definition) is 2. The molecule has 0 atom stereocenters. The molecule has 1 amide bonds. The highest BCUT2D eigenvalue weighted by atomic mass is 16.1. The van der Waals surface area contributed by atoms with E-state index in [0.29, 0.717) is 6.54 Å². The Bertz CT molecular complexity index is 165. The van der Waals surface area contributed by atoms with Crippen molar-refractivity contribution in [2.75, 3.05) is 19.6 Å². The van der Waals surface area contributed by atoms with Gasteiger partial charge in [-0.2, -0.15) is 0 Å². The van der Waals surface area contributed by atoms with E-state index in [-0.39, 0.29) is 5.91 Å². The number of rotatable bonds is 6. The molecule has 3 heteroatoms. The topological polar surface area (TPSA) is 41.1 Å². The molecule has 1 fully saturated rings. The Morgan fingerprint density at radius 2 is 2.07 bits per heavy atom. The van der Waals surface area contributed by atoms with Gasteiger partial charge in [-0.25, -0.2) is 0 Å². The van der Waals surface area contributed by atoms with Crippen LogP contribution in [0.3, 0.4) is 0 Å². The molecule has 0 unspecified atom stereocenters. The summed E-state index contributed by atoms with van der Waals surface area (Å²) in [7, 11) is 0. The predicted octanol–water partition coefficient (Wildman–Crippen LogP) is 1.29. The first-order valence-corrected chi connectivity index (χ1v) is 5.80. The van der Waals surface area contributed by atoms with E-state index >= 15 is 0 Å². The van der Waals surface area contributed by atoms with Crippen molar-refractivity contribution < 1.29 is 4.79 Å². The predicted molar refractivity (Wildman–Crippen MR) is 58.1 cm³/mol. The van der Waals surface area contributed by atoms with E-state index in [1.165, 1.54) is 25.7 Å². The highest BCUT2D eigenvalue weighted by Crippen LogP contribution is 2.23. The van der Waals surface area contributed by atoms with E-state index in [0.717, 1.165) is 25.4 Å². The smallest absolute Gasteiger partial charge is 0.233 e. The first-order chi connectivity index (χ1) is 6.83. The Balaban J connectivity index is 1.96. The molecular formula is C11H22N2O. The van der Waals surface area contributed by atoms with Crippen molar-refractivity contribution in [3.05, 3.63) is 0 Å². The van der Waals surface area contributed by atoms with Gasteiger partial charge in [0.2, 0.25) is 5.91 Å². The highest BCUT2D eigenvalue weighted by molar-refractivity contribution is 5.77. The maximum Gasteiger partial charge on any atom is 0.233 e. The number of amides is 1. The second kappa shape index (κ2) is 6.82. The van der Waals surface area contributed by atoms with E-state index in [9.17, 15) is 4.79 Å². The first-order valence-electron chi connectivity index (χ1n) is 5.80. The van der Waals surface area contributed by atoms with Crippen molar-refractivity contribution in [2.24, 2.45) is 5.92 Å². The molecule has 1 aliphatic carbocycles. The molecule has 0 aromatic rings. The van der Waals surface area contributed by atoms with Crippen LogP contribution in [-0.4, -0.2) is 25.5 Å². The van der Waals surface area contributed by atoms with Gasteiger partial charge >= 0.3 is 0 Å². The maximum absolute atomic E-state index is 11.3. The van der Waals surface area contributed by atoms with Crippen LogP contribution in [0.2, 0.25) is 0 Å². The molecule has 0 aliphatic heterocycles. The second-order valence-corrected chi connectivity index (χ2v) is 4.13. The van der Waals surface area contributed by atoms with Gasteiger partial charge < -0.3 is 10.6 Å². The number of nitrogens with one attached hydrogen (secondary N) is 2. The van der Waals surface area contributed by atoms with Gasteiger partial charge in [0.15, 0.2) is 0 Å². The average Bonchev–Trinajstić information content (AvgIpc) is 2.68.